The van der Waals surface area contributed by atoms with Crippen LogP contribution in [0.1, 0.15) is 5.56 Å². The van der Waals surface area contributed by atoms with Crippen LogP contribution in [0.4, 0.5) is 5.69 Å². The highest BCUT2D eigenvalue weighted by Crippen LogP contribution is 2.22. The SMILES string of the molecule is Cc1ccc(-n2c(SCC(=O)N(C)c3ccccc3)nc3ccccc3c2=O)nc1. The lowest BCUT2D eigenvalue weighted by Crippen LogP contribution is -2.28. The van der Waals surface area contributed by atoms with Gasteiger partial charge in [0.05, 0.1) is 16.7 Å². The maximum Gasteiger partial charge on any atom is 0.267 e. The summed E-state index contributed by atoms with van der Waals surface area (Å²) >= 11 is 1.23. The summed E-state index contributed by atoms with van der Waals surface area (Å²) in [4.78, 5) is 36.6. The normalized spacial score (nSPS) is 10.9. The van der Waals surface area contributed by atoms with E-state index in [1.54, 1.807) is 36.3 Å². The number of rotatable bonds is 5. The largest absolute Gasteiger partial charge is 0.315 e. The molecule has 150 valence electrons. The molecule has 0 unspecified atom stereocenters. The molecule has 4 aromatic rings. The van der Waals surface area contributed by atoms with Crippen molar-refractivity contribution in [3.05, 3.63) is 88.8 Å². The summed E-state index contributed by atoms with van der Waals surface area (Å²) in [5, 5.41) is 0.946. The van der Waals surface area contributed by atoms with E-state index >= 15 is 0 Å². The number of amides is 1. The Morgan fingerprint density at radius 2 is 1.77 bits per heavy atom. The van der Waals surface area contributed by atoms with Crippen LogP contribution in [0.25, 0.3) is 16.7 Å². The minimum atomic E-state index is -0.205. The number of para-hydroxylation sites is 2. The fourth-order valence-electron chi connectivity index (χ4n) is 3.02. The number of fused-ring (bicyclic) bond motifs is 1. The molecule has 4 rings (SSSR count). The zero-order valence-electron chi connectivity index (χ0n) is 16.6. The van der Waals surface area contributed by atoms with E-state index in [0.717, 1.165) is 11.3 Å². The van der Waals surface area contributed by atoms with Crippen LogP contribution in [-0.4, -0.2) is 33.2 Å². The number of aryl methyl sites for hydroxylation is 1. The van der Waals surface area contributed by atoms with Gasteiger partial charge in [-0.05, 0) is 42.8 Å². The minimum absolute atomic E-state index is 0.0861. The second kappa shape index (κ2) is 8.51. The topological polar surface area (TPSA) is 68.1 Å². The summed E-state index contributed by atoms with van der Waals surface area (Å²) in [5.41, 5.74) is 2.20. The van der Waals surface area contributed by atoms with E-state index in [0.29, 0.717) is 21.9 Å². The fraction of sp³-hybridized carbons (Fsp3) is 0.130. The van der Waals surface area contributed by atoms with Gasteiger partial charge in [0.1, 0.15) is 5.82 Å². The van der Waals surface area contributed by atoms with Gasteiger partial charge in [-0.25, -0.2) is 14.5 Å². The van der Waals surface area contributed by atoms with E-state index in [-0.39, 0.29) is 17.2 Å². The Balaban J connectivity index is 1.70. The molecule has 0 aliphatic heterocycles. The van der Waals surface area contributed by atoms with Gasteiger partial charge in [-0.15, -0.1) is 0 Å². The number of thioether (sulfide) groups is 1. The first-order valence-corrected chi connectivity index (χ1v) is 10.4. The third kappa shape index (κ3) is 3.97. The molecule has 0 bridgehead atoms. The summed E-state index contributed by atoms with van der Waals surface area (Å²) in [5.74, 6) is 0.537. The molecule has 0 aliphatic rings. The van der Waals surface area contributed by atoms with Crippen molar-refractivity contribution in [2.75, 3.05) is 17.7 Å². The van der Waals surface area contributed by atoms with E-state index in [4.69, 9.17) is 0 Å². The molecular formula is C23H20N4O2S. The van der Waals surface area contributed by atoms with Gasteiger partial charge in [-0.1, -0.05) is 48.2 Å². The van der Waals surface area contributed by atoms with Crippen LogP contribution in [0.2, 0.25) is 0 Å². The number of hydrogen-bond donors (Lipinski definition) is 0. The van der Waals surface area contributed by atoms with Crippen molar-refractivity contribution in [3.8, 4) is 5.82 Å². The summed E-state index contributed by atoms with van der Waals surface area (Å²) in [6, 6.07) is 20.3. The van der Waals surface area contributed by atoms with E-state index in [1.165, 1.54) is 16.3 Å². The fourth-order valence-corrected chi connectivity index (χ4v) is 3.94. The van der Waals surface area contributed by atoms with Crippen LogP contribution in [0.15, 0.2) is 82.9 Å². The first-order valence-electron chi connectivity index (χ1n) is 9.44. The van der Waals surface area contributed by atoms with Gasteiger partial charge in [0, 0.05) is 18.9 Å². The van der Waals surface area contributed by atoms with Gasteiger partial charge in [0.25, 0.3) is 5.56 Å². The summed E-state index contributed by atoms with van der Waals surface area (Å²) < 4.78 is 1.47. The Morgan fingerprint density at radius 1 is 1.03 bits per heavy atom. The molecule has 0 spiro atoms. The van der Waals surface area contributed by atoms with Gasteiger partial charge in [-0.2, -0.15) is 0 Å². The first-order chi connectivity index (χ1) is 14.5. The molecular weight excluding hydrogens is 396 g/mol. The van der Waals surface area contributed by atoms with Crippen molar-refractivity contribution in [3.63, 3.8) is 0 Å². The molecule has 0 fully saturated rings. The molecule has 0 aliphatic carbocycles. The second-order valence-electron chi connectivity index (χ2n) is 6.82. The number of carbonyl (C=O) groups excluding carboxylic acids is 1. The molecule has 2 heterocycles. The highest BCUT2D eigenvalue weighted by Gasteiger charge is 2.17. The Bertz CT molecular complexity index is 1250. The van der Waals surface area contributed by atoms with Crippen molar-refractivity contribution in [2.45, 2.75) is 12.1 Å². The Morgan fingerprint density at radius 3 is 2.50 bits per heavy atom. The van der Waals surface area contributed by atoms with Crippen LogP contribution < -0.4 is 10.5 Å². The van der Waals surface area contributed by atoms with Gasteiger partial charge in [0.2, 0.25) is 5.91 Å². The number of nitrogens with zero attached hydrogens (tertiary/aromatic N) is 4. The molecule has 0 N–H and O–H groups in total. The molecule has 0 radical (unpaired) electrons. The molecule has 1 amide bonds. The van der Waals surface area contributed by atoms with Crippen molar-refractivity contribution in [2.24, 2.45) is 0 Å². The molecule has 0 saturated carbocycles. The number of anilines is 1. The van der Waals surface area contributed by atoms with Gasteiger partial charge in [-0.3, -0.25) is 9.59 Å². The third-order valence-electron chi connectivity index (χ3n) is 4.71. The average molecular weight is 417 g/mol. The predicted molar refractivity (Wildman–Crippen MR) is 120 cm³/mol. The van der Waals surface area contributed by atoms with Gasteiger partial charge in [0.15, 0.2) is 5.16 Å². The standard InChI is InChI=1S/C23H20N4O2S/c1-16-12-13-20(24-14-16)27-22(29)18-10-6-7-11-19(18)25-23(27)30-15-21(28)26(2)17-8-4-3-5-9-17/h3-14H,15H2,1-2H3. The lowest BCUT2D eigenvalue weighted by molar-refractivity contribution is -0.115. The zero-order valence-corrected chi connectivity index (χ0v) is 17.5. The monoisotopic (exact) mass is 416 g/mol. The molecule has 7 heteroatoms. The van der Waals surface area contributed by atoms with Crippen molar-refractivity contribution < 1.29 is 4.79 Å². The van der Waals surface area contributed by atoms with Crippen molar-refractivity contribution in [1.29, 1.82) is 0 Å². The molecule has 2 aromatic heterocycles. The summed E-state index contributed by atoms with van der Waals surface area (Å²) in [7, 11) is 1.74. The molecule has 6 nitrogen and oxygen atoms in total. The van der Waals surface area contributed by atoms with E-state index < -0.39 is 0 Å². The second-order valence-corrected chi connectivity index (χ2v) is 7.77. The maximum atomic E-state index is 13.2. The molecule has 2 aromatic carbocycles. The quantitative estimate of drug-likeness (QED) is 0.365. The van der Waals surface area contributed by atoms with Crippen LogP contribution >= 0.6 is 11.8 Å². The predicted octanol–water partition coefficient (Wildman–Crippen LogP) is 3.84. The lowest BCUT2D eigenvalue weighted by Gasteiger charge is -2.17. The number of carbonyl (C=O) groups is 1. The van der Waals surface area contributed by atoms with E-state index in [1.807, 2.05) is 55.5 Å². The average Bonchev–Trinajstić information content (AvgIpc) is 2.78. The van der Waals surface area contributed by atoms with Crippen LogP contribution in [-0.2, 0) is 4.79 Å². The Hall–Kier alpha value is -3.45. The van der Waals surface area contributed by atoms with Crippen LogP contribution in [0, 0.1) is 6.92 Å². The smallest absolute Gasteiger partial charge is 0.267 e. The number of pyridine rings is 1. The van der Waals surface area contributed by atoms with E-state index in [2.05, 4.69) is 9.97 Å². The van der Waals surface area contributed by atoms with Gasteiger partial charge >= 0.3 is 0 Å². The molecule has 0 saturated heterocycles. The maximum absolute atomic E-state index is 13.2. The van der Waals surface area contributed by atoms with Crippen LogP contribution in [0.3, 0.4) is 0 Å². The minimum Gasteiger partial charge on any atom is -0.315 e. The number of benzene rings is 2. The number of hydrogen-bond acceptors (Lipinski definition) is 5. The van der Waals surface area contributed by atoms with Crippen molar-refractivity contribution >= 4 is 34.3 Å². The number of aromatic nitrogens is 3. The van der Waals surface area contributed by atoms with Crippen LogP contribution in [0.5, 0.6) is 0 Å². The summed E-state index contributed by atoms with van der Waals surface area (Å²) in [6.07, 6.45) is 1.71. The summed E-state index contributed by atoms with van der Waals surface area (Å²) in [6.45, 7) is 1.94. The van der Waals surface area contributed by atoms with E-state index in [9.17, 15) is 9.59 Å². The third-order valence-corrected chi connectivity index (χ3v) is 5.64. The highest BCUT2D eigenvalue weighted by molar-refractivity contribution is 7.99. The Kier molecular flexibility index (Phi) is 5.63. The molecule has 0 atom stereocenters. The highest BCUT2D eigenvalue weighted by atomic mass is 32.2. The lowest BCUT2D eigenvalue weighted by atomic mass is 10.2. The zero-order chi connectivity index (χ0) is 21.1. The van der Waals surface area contributed by atoms with Gasteiger partial charge < -0.3 is 4.90 Å². The molecule has 30 heavy (non-hydrogen) atoms. The van der Waals surface area contributed by atoms with Crippen molar-refractivity contribution in [1.82, 2.24) is 14.5 Å². The first kappa shape index (κ1) is 19.8. The Labute approximate surface area is 178 Å².